The van der Waals surface area contributed by atoms with Crippen LogP contribution in [0.25, 0.3) is 0 Å². The number of amides is 3. The van der Waals surface area contributed by atoms with Gasteiger partial charge < -0.3 is 20.1 Å². The molecule has 0 bridgehead atoms. The normalized spacial score (nSPS) is 43.5. The van der Waals surface area contributed by atoms with E-state index >= 15 is 0 Å². The molecule has 0 aliphatic carbocycles. The number of urea groups is 1. The third-order valence-corrected chi connectivity index (χ3v) is 4.25. The fraction of sp³-hybridized carbons (Fsp3) is 0.778. The van der Waals surface area contributed by atoms with Crippen LogP contribution in [0.15, 0.2) is 0 Å². The number of hydrogen-bond donors (Lipinski definition) is 4. The third kappa shape index (κ3) is 2.42. The van der Waals surface area contributed by atoms with Crippen LogP contribution in [-0.4, -0.2) is 73.5 Å². The Morgan fingerprint density at radius 1 is 1.37 bits per heavy atom. The third-order valence-electron chi connectivity index (χ3n) is 3.01. The van der Waals surface area contributed by atoms with E-state index < -0.39 is 53.3 Å². The number of nitrogens with one attached hydrogen (secondary N) is 1. The predicted molar refractivity (Wildman–Crippen MR) is 65.8 cm³/mol. The van der Waals surface area contributed by atoms with Gasteiger partial charge in [0.2, 0.25) is 6.17 Å². The summed E-state index contributed by atoms with van der Waals surface area (Å²) >= 11 is 1.54. The Labute approximate surface area is 120 Å². The highest BCUT2D eigenvalue weighted by atomic mass is 127. The molecule has 0 aromatic carbocycles. The van der Waals surface area contributed by atoms with E-state index in [0.717, 1.165) is 4.90 Å². The van der Waals surface area contributed by atoms with Crippen LogP contribution in [0.4, 0.5) is 9.18 Å². The number of carbonyl (C=O) groups is 2. The van der Waals surface area contributed by atoms with Crippen molar-refractivity contribution < 1.29 is 34.0 Å². The van der Waals surface area contributed by atoms with E-state index in [-0.39, 0.29) is 0 Å². The van der Waals surface area contributed by atoms with Crippen LogP contribution in [0.1, 0.15) is 0 Å². The van der Waals surface area contributed by atoms with Gasteiger partial charge in [-0.3, -0.25) is 15.0 Å². The van der Waals surface area contributed by atoms with Crippen LogP contribution < -0.4 is 5.32 Å². The van der Waals surface area contributed by atoms with E-state index in [4.69, 9.17) is 9.84 Å². The first-order valence-electron chi connectivity index (χ1n) is 5.42. The summed E-state index contributed by atoms with van der Waals surface area (Å²) in [6.07, 6.45) is -7.28. The first kappa shape index (κ1) is 14.8. The fourth-order valence-electron chi connectivity index (χ4n) is 1.98. The molecule has 3 amide bonds. The number of alkyl halides is 2. The van der Waals surface area contributed by atoms with Gasteiger partial charge in [-0.1, -0.05) is 22.6 Å². The molecule has 2 rings (SSSR count). The molecule has 2 aliphatic heterocycles. The van der Waals surface area contributed by atoms with Gasteiger partial charge in [0.25, 0.3) is 5.91 Å². The molecule has 0 radical (unpaired) electrons. The number of rotatable bonds is 2. The Kier molecular flexibility index (Phi) is 4.25. The largest absolute Gasteiger partial charge is 0.394 e. The second-order valence-corrected chi connectivity index (χ2v) is 5.48. The van der Waals surface area contributed by atoms with E-state index in [2.05, 4.69) is 0 Å². The summed E-state index contributed by atoms with van der Waals surface area (Å²) in [5, 5.41) is 30.1. The topological polar surface area (TPSA) is 119 Å². The molecule has 19 heavy (non-hydrogen) atoms. The average Bonchev–Trinajstić information content (AvgIpc) is 2.64. The number of aliphatic hydroxyl groups is 3. The van der Waals surface area contributed by atoms with Crippen LogP contribution in [0.5, 0.6) is 0 Å². The minimum absolute atomic E-state index is 0.561. The molecule has 0 spiro atoms. The minimum atomic E-state index is -1.97. The van der Waals surface area contributed by atoms with Gasteiger partial charge >= 0.3 is 6.03 Å². The summed E-state index contributed by atoms with van der Waals surface area (Å²) < 4.78 is 17.5. The number of aliphatic hydroxyl groups excluding tert-OH is 3. The zero-order valence-corrected chi connectivity index (χ0v) is 11.6. The Bertz CT molecular complexity index is 399. The molecule has 8 nitrogen and oxygen atoms in total. The number of halogens is 2. The van der Waals surface area contributed by atoms with Crippen molar-refractivity contribution in [2.45, 2.75) is 34.8 Å². The molecule has 0 aromatic rings. The van der Waals surface area contributed by atoms with Crippen LogP contribution in [0.2, 0.25) is 0 Å². The SMILES string of the molecule is O=C1NC(=O)N([C@@H]2O[C@H](CO)[C@@H](O)[C@H]2O)C(I)C1F. The van der Waals surface area contributed by atoms with Crippen molar-refractivity contribution >= 4 is 34.5 Å². The van der Waals surface area contributed by atoms with Gasteiger partial charge in [0.05, 0.1) is 6.61 Å². The molecule has 6 atom stereocenters. The predicted octanol–water partition coefficient (Wildman–Crippen LogP) is -1.92. The first-order valence-corrected chi connectivity index (χ1v) is 6.66. The molecule has 2 unspecified atom stereocenters. The monoisotopic (exact) mass is 390 g/mol. The van der Waals surface area contributed by atoms with Crippen LogP contribution in [0, 0.1) is 0 Å². The van der Waals surface area contributed by atoms with E-state index in [0.29, 0.717) is 0 Å². The number of ether oxygens (including phenoxy) is 1. The molecular formula is C9H12FIN2O6. The van der Waals surface area contributed by atoms with Crippen molar-refractivity contribution in [3.05, 3.63) is 0 Å². The number of carbonyl (C=O) groups excluding carboxylic acids is 2. The molecule has 2 heterocycles. The Hall–Kier alpha value is -0.560. The molecule has 2 saturated heterocycles. The van der Waals surface area contributed by atoms with Crippen molar-refractivity contribution in [3.63, 3.8) is 0 Å². The molecule has 10 heteroatoms. The molecule has 0 saturated carbocycles. The maximum atomic E-state index is 13.6. The summed E-state index contributed by atoms with van der Waals surface area (Å²) in [5.74, 6) is -1.06. The van der Waals surface area contributed by atoms with E-state index in [1.54, 1.807) is 5.32 Å². The summed E-state index contributed by atoms with van der Waals surface area (Å²) in [6.45, 7) is -0.561. The lowest BCUT2D eigenvalue weighted by atomic mass is 10.1. The molecule has 0 aromatic heterocycles. The highest BCUT2D eigenvalue weighted by Crippen LogP contribution is 2.30. The standard InChI is InChI=1S/C9H12FIN2O6/c10-3-6(11)13(9(18)12-7(3)17)8-5(16)4(15)2(1-14)19-8/h2-6,8,14-16H,1H2,(H,12,17,18)/t2-,3?,4-,5-,6?,8-/m1/s1. The van der Waals surface area contributed by atoms with Crippen molar-refractivity contribution in [3.8, 4) is 0 Å². The number of imide groups is 1. The highest BCUT2D eigenvalue weighted by molar-refractivity contribution is 14.1. The Morgan fingerprint density at radius 2 is 2.00 bits per heavy atom. The lowest BCUT2D eigenvalue weighted by Crippen LogP contribution is -2.64. The summed E-state index contributed by atoms with van der Waals surface area (Å²) in [6, 6.07) is -0.923. The van der Waals surface area contributed by atoms with Crippen molar-refractivity contribution in [2.75, 3.05) is 6.61 Å². The van der Waals surface area contributed by atoms with Gasteiger partial charge in [0, 0.05) is 0 Å². The zero-order valence-electron chi connectivity index (χ0n) is 9.44. The summed E-state index contributed by atoms with van der Waals surface area (Å²) in [7, 11) is 0. The van der Waals surface area contributed by atoms with Gasteiger partial charge in [0.15, 0.2) is 6.23 Å². The number of nitrogens with zero attached hydrogens (tertiary/aromatic N) is 1. The van der Waals surface area contributed by atoms with Gasteiger partial charge in [-0.2, -0.15) is 0 Å². The smallest absolute Gasteiger partial charge is 0.327 e. The van der Waals surface area contributed by atoms with Gasteiger partial charge in [0.1, 0.15) is 22.4 Å². The molecule has 2 aliphatic rings. The summed E-state index contributed by atoms with van der Waals surface area (Å²) in [4.78, 5) is 23.6. The van der Waals surface area contributed by atoms with Crippen molar-refractivity contribution in [2.24, 2.45) is 0 Å². The molecule has 108 valence electrons. The maximum Gasteiger partial charge on any atom is 0.327 e. The summed E-state index contributed by atoms with van der Waals surface area (Å²) in [5.41, 5.74) is 0. The van der Waals surface area contributed by atoms with E-state index in [1.807, 2.05) is 0 Å². The highest BCUT2D eigenvalue weighted by Gasteiger charge is 2.52. The second-order valence-electron chi connectivity index (χ2n) is 4.20. The van der Waals surface area contributed by atoms with Gasteiger partial charge in [-0.15, -0.1) is 0 Å². The van der Waals surface area contributed by atoms with Crippen LogP contribution >= 0.6 is 22.6 Å². The zero-order chi connectivity index (χ0) is 14.3. The minimum Gasteiger partial charge on any atom is -0.394 e. The lowest BCUT2D eigenvalue weighted by molar-refractivity contribution is -0.133. The maximum absolute atomic E-state index is 13.6. The second kappa shape index (κ2) is 5.44. The van der Waals surface area contributed by atoms with Crippen molar-refractivity contribution in [1.29, 1.82) is 0 Å². The van der Waals surface area contributed by atoms with E-state index in [1.165, 1.54) is 22.6 Å². The average molecular weight is 390 g/mol. The van der Waals surface area contributed by atoms with Crippen LogP contribution in [0.3, 0.4) is 0 Å². The Balaban J connectivity index is 2.21. The van der Waals surface area contributed by atoms with Crippen molar-refractivity contribution in [1.82, 2.24) is 10.2 Å². The van der Waals surface area contributed by atoms with E-state index in [9.17, 15) is 24.2 Å². The number of hydrogen-bond acceptors (Lipinski definition) is 6. The molecular weight excluding hydrogens is 378 g/mol. The fourth-order valence-corrected chi connectivity index (χ4v) is 2.88. The lowest BCUT2D eigenvalue weighted by Gasteiger charge is -2.38. The first-order chi connectivity index (χ1) is 8.88. The van der Waals surface area contributed by atoms with Gasteiger partial charge in [-0.25, -0.2) is 9.18 Å². The van der Waals surface area contributed by atoms with Gasteiger partial charge in [-0.05, 0) is 0 Å². The quantitative estimate of drug-likeness (QED) is 0.248. The van der Waals surface area contributed by atoms with Crippen LogP contribution in [-0.2, 0) is 9.53 Å². The molecule has 2 fully saturated rings. The molecule has 4 N–H and O–H groups in total. The Morgan fingerprint density at radius 3 is 2.53 bits per heavy atom.